The minimum absolute atomic E-state index is 0.115. The van der Waals surface area contributed by atoms with Crippen LogP contribution in [0.1, 0.15) is 25.1 Å². The third kappa shape index (κ3) is 5.16. The van der Waals surface area contributed by atoms with Gasteiger partial charge in [-0.15, -0.1) is 0 Å². The van der Waals surface area contributed by atoms with Crippen LogP contribution in [0.4, 0.5) is 10.6 Å². The lowest BCUT2D eigenvalue weighted by atomic mass is 10.1. The summed E-state index contributed by atoms with van der Waals surface area (Å²) in [6.45, 7) is 5.53. The fraction of sp³-hybridized carbons (Fsp3) is 0.500. The van der Waals surface area contributed by atoms with Crippen LogP contribution < -0.4 is 20.1 Å². The van der Waals surface area contributed by atoms with Gasteiger partial charge >= 0.3 is 6.03 Å². The predicted octanol–water partition coefficient (Wildman–Crippen LogP) is 2.43. The van der Waals surface area contributed by atoms with Crippen molar-refractivity contribution in [2.75, 3.05) is 32.6 Å². The molecule has 1 aromatic heterocycles. The number of carbonyl (C=O) groups excluding carboxylic acids is 1. The van der Waals surface area contributed by atoms with Crippen LogP contribution in [0, 0.1) is 0 Å². The standard InChI is InChI=1S/C20H29N5O3/c1-13-11-25(12-14(2)21-13)20(26)22-19-9-16(23-24-19)6-5-15-7-17(27-3)10-18(8-15)28-4/h7-10,13-14,21H,5-6,11-12H2,1-4H3,(H2,22,23,24,26)/t13-,14+. The lowest BCUT2D eigenvalue weighted by Crippen LogP contribution is -2.56. The third-order valence-corrected chi connectivity index (χ3v) is 4.80. The molecule has 3 rings (SSSR count). The number of rotatable bonds is 6. The van der Waals surface area contributed by atoms with Crippen molar-refractivity contribution in [3.63, 3.8) is 0 Å². The summed E-state index contributed by atoms with van der Waals surface area (Å²) >= 11 is 0. The van der Waals surface area contributed by atoms with E-state index >= 15 is 0 Å². The van der Waals surface area contributed by atoms with Gasteiger partial charge in [-0.25, -0.2) is 4.79 Å². The number of carbonyl (C=O) groups is 1. The van der Waals surface area contributed by atoms with E-state index in [1.54, 1.807) is 14.2 Å². The Bertz CT molecular complexity index is 775. The van der Waals surface area contributed by atoms with Crippen molar-refractivity contribution in [2.24, 2.45) is 0 Å². The van der Waals surface area contributed by atoms with Gasteiger partial charge in [0.15, 0.2) is 5.82 Å². The molecule has 28 heavy (non-hydrogen) atoms. The van der Waals surface area contributed by atoms with Crippen LogP contribution in [0.15, 0.2) is 24.3 Å². The Morgan fingerprint density at radius 1 is 1.11 bits per heavy atom. The molecule has 2 atom stereocenters. The first-order valence-electron chi connectivity index (χ1n) is 9.55. The zero-order chi connectivity index (χ0) is 20.1. The van der Waals surface area contributed by atoms with Crippen molar-refractivity contribution >= 4 is 11.8 Å². The van der Waals surface area contributed by atoms with Gasteiger partial charge in [-0.2, -0.15) is 5.10 Å². The van der Waals surface area contributed by atoms with Gasteiger partial charge in [0.05, 0.1) is 14.2 Å². The van der Waals surface area contributed by atoms with Crippen LogP contribution in [0.2, 0.25) is 0 Å². The number of methoxy groups -OCH3 is 2. The van der Waals surface area contributed by atoms with Crippen molar-refractivity contribution in [2.45, 2.75) is 38.8 Å². The van der Waals surface area contributed by atoms with E-state index in [9.17, 15) is 4.79 Å². The average Bonchev–Trinajstić information content (AvgIpc) is 3.12. The molecule has 0 radical (unpaired) electrons. The Labute approximate surface area is 165 Å². The van der Waals surface area contributed by atoms with Crippen LogP contribution in [-0.2, 0) is 12.8 Å². The molecule has 1 aliphatic rings. The first-order chi connectivity index (χ1) is 13.5. The summed E-state index contributed by atoms with van der Waals surface area (Å²) in [6.07, 6.45) is 1.57. The van der Waals surface area contributed by atoms with Crippen molar-refractivity contribution in [1.29, 1.82) is 0 Å². The average molecular weight is 387 g/mol. The predicted molar refractivity (Wildman–Crippen MR) is 108 cm³/mol. The zero-order valence-electron chi connectivity index (χ0n) is 16.9. The maximum absolute atomic E-state index is 12.5. The number of aromatic nitrogens is 2. The van der Waals surface area contributed by atoms with Crippen LogP contribution in [0.3, 0.4) is 0 Å². The highest BCUT2D eigenvalue weighted by Gasteiger charge is 2.25. The first kappa shape index (κ1) is 20.0. The molecule has 0 saturated carbocycles. The zero-order valence-corrected chi connectivity index (χ0v) is 16.9. The Hall–Kier alpha value is -2.74. The number of amides is 2. The molecular weight excluding hydrogens is 358 g/mol. The number of piperazine rings is 1. The smallest absolute Gasteiger partial charge is 0.323 e. The number of anilines is 1. The highest BCUT2D eigenvalue weighted by molar-refractivity contribution is 5.88. The summed E-state index contributed by atoms with van der Waals surface area (Å²) in [6, 6.07) is 8.17. The summed E-state index contributed by atoms with van der Waals surface area (Å²) in [5, 5.41) is 13.5. The number of hydrogen-bond donors (Lipinski definition) is 3. The lowest BCUT2D eigenvalue weighted by Gasteiger charge is -2.35. The van der Waals surface area contributed by atoms with Gasteiger partial charge in [0, 0.05) is 43.0 Å². The van der Waals surface area contributed by atoms with E-state index in [0.29, 0.717) is 18.9 Å². The molecule has 0 spiro atoms. The Morgan fingerprint density at radius 3 is 2.36 bits per heavy atom. The van der Waals surface area contributed by atoms with Gasteiger partial charge in [-0.1, -0.05) is 0 Å². The van der Waals surface area contributed by atoms with E-state index in [0.717, 1.165) is 35.6 Å². The van der Waals surface area contributed by atoms with E-state index < -0.39 is 0 Å². The topological polar surface area (TPSA) is 91.5 Å². The van der Waals surface area contributed by atoms with E-state index in [1.165, 1.54) is 0 Å². The number of nitrogens with zero attached hydrogens (tertiary/aromatic N) is 2. The highest BCUT2D eigenvalue weighted by Crippen LogP contribution is 2.23. The monoisotopic (exact) mass is 387 g/mol. The second kappa shape index (κ2) is 8.97. The molecule has 8 heteroatoms. The molecule has 0 unspecified atom stereocenters. The summed E-state index contributed by atoms with van der Waals surface area (Å²) in [5.74, 6) is 2.08. The fourth-order valence-corrected chi connectivity index (χ4v) is 3.52. The molecule has 0 aliphatic carbocycles. The number of ether oxygens (including phenoxy) is 2. The van der Waals surface area contributed by atoms with Gasteiger partial charge in [0.2, 0.25) is 0 Å². The third-order valence-electron chi connectivity index (χ3n) is 4.80. The normalized spacial score (nSPS) is 19.4. The second-order valence-corrected chi connectivity index (χ2v) is 7.30. The maximum Gasteiger partial charge on any atom is 0.323 e. The van der Waals surface area contributed by atoms with E-state index in [-0.39, 0.29) is 18.1 Å². The van der Waals surface area contributed by atoms with Gasteiger partial charge in [0.1, 0.15) is 11.5 Å². The molecule has 2 heterocycles. The molecular formula is C20H29N5O3. The molecule has 0 bridgehead atoms. The largest absolute Gasteiger partial charge is 0.497 e. The molecule has 2 amide bonds. The number of urea groups is 1. The lowest BCUT2D eigenvalue weighted by molar-refractivity contribution is 0.176. The summed E-state index contributed by atoms with van der Waals surface area (Å²) in [4.78, 5) is 14.3. The van der Waals surface area contributed by atoms with Gasteiger partial charge in [-0.3, -0.25) is 10.4 Å². The molecule has 8 nitrogen and oxygen atoms in total. The van der Waals surface area contributed by atoms with E-state index in [2.05, 4.69) is 34.7 Å². The van der Waals surface area contributed by atoms with Gasteiger partial charge in [-0.05, 0) is 44.4 Å². The molecule has 1 aliphatic heterocycles. The number of benzene rings is 1. The van der Waals surface area contributed by atoms with Crippen molar-refractivity contribution in [3.8, 4) is 11.5 Å². The number of hydrogen-bond acceptors (Lipinski definition) is 5. The molecule has 2 aromatic rings. The number of aromatic amines is 1. The Morgan fingerprint density at radius 2 is 1.75 bits per heavy atom. The fourth-order valence-electron chi connectivity index (χ4n) is 3.52. The molecule has 152 valence electrons. The molecule has 3 N–H and O–H groups in total. The van der Waals surface area contributed by atoms with Crippen LogP contribution in [0.25, 0.3) is 0 Å². The second-order valence-electron chi connectivity index (χ2n) is 7.30. The molecule has 1 fully saturated rings. The quantitative estimate of drug-likeness (QED) is 0.708. The number of H-pyrrole nitrogens is 1. The van der Waals surface area contributed by atoms with E-state index in [1.807, 2.05) is 29.2 Å². The molecule has 1 aromatic carbocycles. The maximum atomic E-state index is 12.5. The van der Waals surface area contributed by atoms with Gasteiger partial charge < -0.3 is 19.7 Å². The molecule has 1 saturated heterocycles. The summed E-state index contributed by atoms with van der Waals surface area (Å²) in [7, 11) is 3.28. The van der Waals surface area contributed by atoms with Crippen molar-refractivity contribution < 1.29 is 14.3 Å². The van der Waals surface area contributed by atoms with Crippen LogP contribution in [0.5, 0.6) is 11.5 Å². The SMILES string of the molecule is COc1cc(CCc2cc(NC(=O)N3C[C@@H](C)N[C@@H](C)C3)n[nH]2)cc(OC)c1. The van der Waals surface area contributed by atoms with Crippen LogP contribution >= 0.6 is 0 Å². The minimum Gasteiger partial charge on any atom is -0.497 e. The van der Waals surface area contributed by atoms with Crippen LogP contribution in [-0.4, -0.2) is 60.5 Å². The number of aryl methyl sites for hydroxylation is 2. The van der Waals surface area contributed by atoms with Gasteiger partial charge in [0.25, 0.3) is 0 Å². The highest BCUT2D eigenvalue weighted by atomic mass is 16.5. The van der Waals surface area contributed by atoms with E-state index in [4.69, 9.17) is 9.47 Å². The Kier molecular flexibility index (Phi) is 6.41. The Balaban J connectivity index is 1.56. The minimum atomic E-state index is -0.115. The summed E-state index contributed by atoms with van der Waals surface area (Å²) in [5.41, 5.74) is 2.07. The first-order valence-corrected chi connectivity index (χ1v) is 9.55. The van der Waals surface area contributed by atoms with Crippen molar-refractivity contribution in [1.82, 2.24) is 20.4 Å². The summed E-state index contributed by atoms with van der Waals surface area (Å²) < 4.78 is 10.6. The number of nitrogens with one attached hydrogen (secondary N) is 3. The van der Waals surface area contributed by atoms with Crippen molar-refractivity contribution in [3.05, 3.63) is 35.5 Å².